The number of H-pyrrole nitrogens is 1. The van der Waals surface area contributed by atoms with Crippen LogP contribution in [0.15, 0.2) is 36.4 Å². The number of amides is 2. The molecule has 2 aliphatic rings. The van der Waals surface area contributed by atoms with Crippen LogP contribution in [-0.2, 0) is 24.2 Å². The molecule has 0 atom stereocenters. The molecule has 2 amide bonds. The third kappa shape index (κ3) is 2.31. The molecule has 4 heterocycles. The molecule has 7 rings (SSSR count). The summed E-state index contributed by atoms with van der Waals surface area (Å²) in [6, 6.07) is 12.0. The highest BCUT2D eigenvalue weighted by Gasteiger charge is 2.36. The first-order valence-electron chi connectivity index (χ1n) is 11.1. The molecule has 7 heteroatoms. The van der Waals surface area contributed by atoms with Crippen LogP contribution in [0.5, 0.6) is 0 Å². The van der Waals surface area contributed by atoms with Crippen LogP contribution in [0.25, 0.3) is 43.6 Å². The molecule has 0 bridgehead atoms. The Morgan fingerprint density at radius 1 is 1.00 bits per heavy atom. The molecule has 7 nitrogen and oxygen atoms in total. The van der Waals surface area contributed by atoms with Crippen LogP contribution in [0.3, 0.4) is 0 Å². The summed E-state index contributed by atoms with van der Waals surface area (Å²) in [6.07, 6.45) is 2.49. The first kappa shape index (κ1) is 18.4. The van der Waals surface area contributed by atoms with Gasteiger partial charge in [0.25, 0.3) is 11.8 Å². The standard InChI is InChI=1S/C26H19N3O4/c30-17(31)9-7-12-6-8-14-16(11-12)27-22-18(14)20-21(26(33)28-25(20)32)19-15-5-1-3-13-4-2-10-29(23(13)15)24(19)22/h1,3,5-6,8,11,27H,2,4,7,9-10H2,(H,30,31)(H,28,32,33). The summed E-state index contributed by atoms with van der Waals surface area (Å²) in [6.45, 7) is 0.847. The number of hydrogen-bond acceptors (Lipinski definition) is 3. The van der Waals surface area contributed by atoms with Crippen LogP contribution >= 0.6 is 0 Å². The van der Waals surface area contributed by atoms with Gasteiger partial charge in [-0.2, -0.15) is 0 Å². The molecule has 0 saturated carbocycles. The molecular formula is C26H19N3O4. The number of para-hydroxylation sites is 1. The molecule has 0 aliphatic carbocycles. The number of carboxylic acid groups (broad SMARTS) is 1. The average molecular weight is 437 g/mol. The Kier molecular flexibility index (Phi) is 3.48. The van der Waals surface area contributed by atoms with Gasteiger partial charge in [-0.15, -0.1) is 0 Å². The molecule has 0 fully saturated rings. The molecule has 2 aromatic heterocycles. The number of nitrogens with one attached hydrogen (secondary N) is 2. The van der Waals surface area contributed by atoms with E-state index in [2.05, 4.69) is 20.9 Å². The van der Waals surface area contributed by atoms with Gasteiger partial charge in [-0.3, -0.25) is 19.7 Å². The number of aryl methyl sites for hydroxylation is 3. The van der Waals surface area contributed by atoms with E-state index in [1.54, 1.807) is 0 Å². The van der Waals surface area contributed by atoms with Gasteiger partial charge in [-0.05, 0) is 36.5 Å². The zero-order chi connectivity index (χ0) is 22.4. The lowest BCUT2D eigenvalue weighted by Gasteiger charge is -2.16. The number of carbonyl (C=O) groups excluding carboxylic acids is 2. The summed E-state index contributed by atoms with van der Waals surface area (Å²) in [5, 5.41) is 15.0. The number of carbonyl (C=O) groups is 3. The molecule has 33 heavy (non-hydrogen) atoms. The summed E-state index contributed by atoms with van der Waals surface area (Å²) in [5.74, 6) is -1.56. The molecule has 5 aromatic rings. The Morgan fingerprint density at radius 2 is 1.82 bits per heavy atom. The maximum atomic E-state index is 13.0. The molecule has 3 N–H and O–H groups in total. The monoisotopic (exact) mass is 437 g/mol. The van der Waals surface area contributed by atoms with Gasteiger partial charge in [-0.1, -0.05) is 30.3 Å². The molecule has 162 valence electrons. The van der Waals surface area contributed by atoms with Crippen molar-refractivity contribution in [1.29, 1.82) is 0 Å². The first-order chi connectivity index (χ1) is 16.0. The van der Waals surface area contributed by atoms with Crippen LogP contribution in [-0.4, -0.2) is 32.4 Å². The predicted molar refractivity (Wildman–Crippen MR) is 125 cm³/mol. The molecule has 2 aliphatic heterocycles. The van der Waals surface area contributed by atoms with Gasteiger partial charge in [0.05, 0.1) is 27.7 Å². The van der Waals surface area contributed by atoms with Crippen LogP contribution in [0.4, 0.5) is 0 Å². The van der Waals surface area contributed by atoms with Crippen LogP contribution in [0.1, 0.15) is 44.7 Å². The normalized spacial score (nSPS) is 15.2. The van der Waals surface area contributed by atoms with Gasteiger partial charge in [0.15, 0.2) is 0 Å². The Bertz CT molecular complexity index is 1740. The van der Waals surface area contributed by atoms with E-state index in [0.29, 0.717) is 17.5 Å². The van der Waals surface area contributed by atoms with Crippen molar-refractivity contribution < 1.29 is 19.5 Å². The van der Waals surface area contributed by atoms with Crippen molar-refractivity contribution in [3.05, 3.63) is 58.7 Å². The molecule has 0 unspecified atom stereocenters. The Labute approximate surface area is 187 Å². The SMILES string of the molecule is O=C(O)CCc1ccc2c(c1)[nH]c1c2c2c(c3c4cccc5c4n(c13)CCC5)C(=O)NC2=O. The van der Waals surface area contributed by atoms with Crippen molar-refractivity contribution >= 4 is 61.4 Å². The summed E-state index contributed by atoms with van der Waals surface area (Å²) in [4.78, 5) is 40.6. The molecule has 0 spiro atoms. The van der Waals surface area contributed by atoms with Crippen LogP contribution < -0.4 is 5.32 Å². The number of fused-ring (bicyclic) bond motifs is 10. The average Bonchev–Trinajstić information content (AvgIpc) is 3.43. The van der Waals surface area contributed by atoms with E-state index in [0.717, 1.165) is 68.6 Å². The second kappa shape index (κ2) is 6.22. The molecule has 0 radical (unpaired) electrons. The van der Waals surface area contributed by atoms with E-state index < -0.39 is 5.97 Å². The Hall–Kier alpha value is -4.13. The second-order valence-corrected chi connectivity index (χ2v) is 8.97. The zero-order valence-electron chi connectivity index (χ0n) is 17.6. The number of aromatic amines is 1. The van der Waals surface area contributed by atoms with E-state index >= 15 is 0 Å². The smallest absolute Gasteiger partial charge is 0.303 e. The number of nitrogens with zero attached hydrogens (tertiary/aromatic N) is 1. The second-order valence-electron chi connectivity index (χ2n) is 8.97. The van der Waals surface area contributed by atoms with Gasteiger partial charge in [0, 0.05) is 40.0 Å². The fourth-order valence-electron chi connectivity index (χ4n) is 5.87. The van der Waals surface area contributed by atoms with Crippen molar-refractivity contribution in [3.63, 3.8) is 0 Å². The summed E-state index contributed by atoms with van der Waals surface area (Å²) in [7, 11) is 0. The summed E-state index contributed by atoms with van der Waals surface area (Å²) >= 11 is 0. The highest BCUT2D eigenvalue weighted by molar-refractivity contribution is 6.39. The number of aliphatic carboxylic acids is 1. The summed E-state index contributed by atoms with van der Waals surface area (Å²) < 4.78 is 2.29. The van der Waals surface area contributed by atoms with Gasteiger partial charge in [-0.25, -0.2) is 0 Å². The third-order valence-electron chi connectivity index (χ3n) is 7.15. The predicted octanol–water partition coefficient (Wildman–Crippen LogP) is 4.28. The van der Waals surface area contributed by atoms with Crippen molar-refractivity contribution in [2.75, 3.05) is 0 Å². The Morgan fingerprint density at radius 3 is 2.64 bits per heavy atom. The number of rotatable bonds is 3. The lowest BCUT2D eigenvalue weighted by molar-refractivity contribution is -0.136. The minimum Gasteiger partial charge on any atom is -0.481 e. The fourth-order valence-corrected chi connectivity index (χ4v) is 5.87. The Balaban J connectivity index is 1.68. The highest BCUT2D eigenvalue weighted by atomic mass is 16.4. The molecule has 3 aromatic carbocycles. The lowest BCUT2D eigenvalue weighted by atomic mass is 9.96. The zero-order valence-corrected chi connectivity index (χ0v) is 17.6. The van der Waals surface area contributed by atoms with Gasteiger partial charge in [0.1, 0.15) is 0 Å². The maximum Gasteiger partial charge on any atom is 0.303 e. The van der Waals surface area contributed by atoms with Crippen LogP contribution in [0.2, 0.25) is 0 Å². The number of imide groups is 1. The number of carboxylic acids is 1. The van der Waals surface area contributed by atoms with Gasteiger partial charge >= 0.3 is 5.97 Å². The van der Waals surface area contributed by atoms with Crippen molar-refractivity contribution in [1.82, 2.24) is 14.9 Å². The van der Waals surface area contributed by atoms with E-state index in [-0.39, 0.29) is 18.2 Å². The van der Waals surface area contributed by atoms with E-state index in [1.165, 1.54) is 5.56 Å². The van der Waals surface area contributed by atoms with Crippen molar-refractivity contribution in [2.45, 2.75) is 32.2 Å². The fraction of sp³-hybridized carbons (Fsp3) is 0.192. The maximum absolute atomic E-state index is 13.0. The minimum atomic E-state index is -0.837. The molecular weight excluding hydrogens is 418 g/mol. The van der Waals surface area contributed by atoms with Gasteiger partial charge < -0.3 is 14.7 Å². The first-order valence-corrected chi connectivity index (χ1v) is 11.1. The number of benzene rings is 3. The molecule has 0 saturated heterocycles. The van der Waals surface area contributed by atoms with Crippen molar-refractivity contribution in [3.8, 4) is 0 Å². The lowest BCUT2D eigenvalue weighted by Crippen LogP contribution is -2.20. The van der Waals surface area contributed by atoms with Gasteiger partial charge in [0.2, 0.25) is 0 Å². The topological polar surface area (TPSA) is 104 Å². The largest absolute Gasteiger partial charge is 0.481 e. The van der Waals surface area contributed by atoms with E-state index in [4.69, 9.17) is 5.11 Å². The third-order valence-corrected chi connectivity index (χ3v) is 7.15. The van der Waals surface area contributed by atoms with Crippen LogP contribution in [0, 0.1) is 0 Å². The van der Waals surface area contributed by atoms with E-state index in [9.17, 15) is 14.4 Å². The minimum absolute atomic E-state index is 0.0549. The number of aromatic nitrogens is 2. The quantitative estimate of drug-likeness (QED) is 0.367. The number of hydrogen-bond donors (Lipinski definition) is 3. The van der Waals surface area contributed by atoms with Crippen molar-refractivity contribution in [2.24, 2.45) is 0 Å². The highest BCUT2D eigenvalue weighted by Crippen LogP contribution is 2.45. The van der Waals surface area contributed by atoms with E-state index in [1.807, 2.05) is 30.3 Å². The summed E-state index contributed by atoms with van der Waals surface area (Å²) in [5.41, 5.74) is 6.84.